The van der Waals surface area contributed by atoms with Gasteiger partial charge in [-0.1, -0.05) is 53.5 Å². The van der Waals surface area contributed by atoms with E-state index < -0.39 is 5.97 Å². The van der Waals surface area contributed by atoms with Gasteiger partial charge in [-0.3, -0.25) is 0 Å². The third-order valence-electron chi connectivity index (χ3n) is 3.17. The van der Waals surface area contributed by atoms with Crippen molar-refractivity contribution in [2.45, 2.75) is 13.5 Å². The molecule has 1 N–H and O–H groups in total. The van der Waals surface area contributed by atoms with Crippen molar-refractivity contribution in [1.82, 2.24) is 0 Å². The van der Waals surface area contributed by atoms with E-state index in [9.17, 15) is 9.90 Å². The van der Waals surface area contributed by atoms with Crippen molar-refractivity contribution in [2.24, 2.45) is 0 Å². The van der Waals surface area contributed by atoms with Gasteiger partial charge in [-0.25, -0.2) is 4.79 Å². The standard InChI is InChI=1S/C16H14Cl2O4/c1-9-11(16(19)20)14(21-2)13(18)15(12(9)17)22-8-10-6-4-3-5-7-10/h3-7H,8H2,1-2H3,(H,19,20). The zero-order chi connectivity index (χ0) is 16.3. The van der Waals surface area contributed by atoms with Crippen LogP contribution in [-0.4, -0.2) is 18.2 Å². The highest BCUT2D eigenvalue weighted by Gasteiger charge is 2.25. The molecule has 0 aliphatic rings. The van der Waals surface area contributed by atoms with Gasteiger partial charge in [0.05, 0.1) is 12.1 Å². The number of methoxy groups -OCH3 is 1. The number of hydrogen-bond acceptors (Lipinski definition) is 3. The molecule has 0 fully saturated rings. The number of carbonyl (C=O) groups is 1. The lowest BCUT2D eigenvalue weighted by Crippen LogP contribution is -2.07. The highest BCUT2D eigenvalue weighted by molar-refractivity contribution is 6.39. The molecule has 0 saturated heterocycles. The summed E-state index contributed by atoms with van der Waals surface area (Å²) < 4.78 is 10.8. The second-order valence-corrected chi connectivity index (χ2v) is 5.33. The minimum absolute atomic E-state index is 0.0409. The Hall–Kier alpha value is -1.91. The predicted octanol–water partition coefficient (Wildman–Crippen LogP) is 4.59. The lowest BCUT2D eigenvalue weighted by molar-refractivity contribution is 0.0692. The van der Waals surface area contributed by atoms with Crippen LogP contribution in [0.15, 0.2) is 30.3 Å². The van der Waals surface area contributed by atoms with E-state index >= 15 is 0 Å². The van der Waals surface area contributed by atoms with Crippen LogP contribution >= 0.6 is 23.2 Å². The molecular weight excluding hydrogens is 327 g/mol. The number of rotatable bonds is 5. The molecule has 0 aliphatic carbocycles. The lowest BCUT2D eigenvalue weighted by Gasteiger charge is -2.17. The van der Waals surface area contributed by atoms with Crippen LogP contribution in [0.5, 0.6) is 11.5 Å². The van der Waals surface area contributed by atoms with Crippen LogP contribution in [0, 0.1) is 6.92 Å². The summed E-state index contributed by atoms with van der Waals surface area (Å²) in [4.78, 5) is 11.4. The maximum atomic E-state index is 11.4. The van der Waals surface area contributed by atoms with E-state index in [0.717, 1.165) is 5.56 Å². The number of carboxylic acid groups (broad SMARTS) is 1. The Morgan fingerprint density at radius 1 is 1.14 bits per heavy atom. The molecule has 6 heteroatoms. The molecule has 0 heterocycles. The van der Waals surface area contributed by atoms with Gasteiger partial charge in [0.15, 0.2) is 11.5 Å². The Balaban J connectivity index is 2.44. The first-order valence-corrected chi connectivity index (χ1v) is 7.18. The molecule has 0 bridgehead atoms. The zero-order valence-electron chi connectivity index (χ0n) is 12.0. The molecule has 0 unspecified atom stereocenters. The van der Waals surface area contributed by atoms with Gasteiger partial charge in [0.25, 0.3) is 0 Å². The summed E-state index contributed by atoms with van der Waals surface area (Å²) in [5, 5.41) is 9.50. The third kappa shape index (κ3) is 3.13. The van der Waals surface area contributed by atoms with Crippen LogP contribution in [-0.2, 0) is 6.61 Å². The van der Waals surface area contributed by atoms with Crippen molar-refractivity contribution in [3.05, 3.63) is 57.1 Å². The number of benzene rings is 2. The molecule has 4 nitrogen and oxygen atoms in total. The molecule has 0 amide bonds. The van der Waals surface area contributed by atoms with Crippen molar-refractivity contribution < 1.29 is 19.4 Å². The van der Waals surface area contributed by atoms with Crippen LogP contribution in [0.3, 0.4) is 0 Å². The lowest BCUT2D eigenvalue weighted by atomic mass is 10.1. The molecule has 0 atom stereocenters. The molecule has 0 aromatic heterocycles. The molecule has 0 spiro atoms. The second-order valence-electron chi connectivity index (χ2n) is 4.57. The van der Waals surface area contributed by atoms with Gasteiger partial charge in [0.1, 0.15) is 17.2 Å². The van der Waals surface area contributed by atoms with Gasteiger partial charge < -0.3 is 14.6 Å². The Morgan fingerprint density at radius 2 is 1.77 bits per heavy atom. The van der Waals surface area contributed by atoms with Gasteiger partial charge in [-0.15, -0.1) is 0 Å². The van der Waals surface area contributed by atoms with Gasteiger partial charge in [0, 0.05) is 0 Å². The van der Waals surface area contributed by atoms with E-state index in [1.54, 1.807) is 6.92 Å². The Morgan fingerprint density at radius 3 is 2.32 bits per heavy atom. The van der Waals surface area contributed by atoms with Crippen molar-refractivity contribution >= 4 is 29.2 Å². The highest BCUT2D eigenvalue weighted by atomic mass is 35.5. The first-order chi connectivity index (χ1) is 10.5. The summed E-state index contributed by atoms with van der Waals surface area (Å²) in [5.41, 5.74) is 1.22. The van der Waals surface area contributed by atoms with Gasteiger partial charge in [-0.2, -0.15) is 0 Å². The molecule has 22 heavy (non-hydrogen) atoms. The van der Waals surface area contributed by atoms with E-state index in [2.05, 4.69) is 0 Å². The van der Waals surface area contributed by atoms with Crippen molar-refractivity contribution in [1.29, 1.82) is 0 Å². The summed E-state index contributed by atoms with van der Waals surface area (Å²) in [6, 6.07) is 9.48. The maximum absolute atomic E-state index is 11.4. The summed E-state index contributed by atoms with van der Waals surface area (Å²) in [5.74, 6) is -0.904. The first-order valence-electron chi connectivity index (χ1n) is 6.43. The summed E-state index contributed by atoms with van der Waals surface area (Å²) in [6.07, 6.45) is 0. The minimum atomic E-state index is -1.16. The smallest absolute Gasteiger partial charge is 0.339 e. The Bertz CT molecular complexity index is 699. The number of carboxylic acids is 1. The SMILES string of the molecule is COc1c(Cl)c(OCc2ccccc2)c(Cl)c(C)c1C(=O)O. The minimum Gasteiger partial charge on any atom is -0.494 e. The summed E-state index contributed by atoms with van der Waals surface area (Å²) >= 11 is 12.4. The van der Waals surface area contributed by atoms with Crippen LogP contribution in [0.2, 0.25) is 10.0 Å². The molecule has 0 saturated carbocycles. The molecule has 0 radical (unpaired) electrons. The molecule has 116 valence electrons. The van der Waals surface area contributed by atoms with E-state index in [1.807, 2.05) is 30.3 Å². The van der Waals surface area contributed by atoms with E-state index in [4.69, 9.17) is 32.7 Å². The predicted molar refractivity (Wildman–Crippen MR) is 85.5 cm³/mol. The third-order valence-corrected chi connectivity index (χ3v) is 3.97. The summed E-state index contributed by atoms with van der Waals surface area (Å²) in [6.45, 7) is 1.84. The first kappa shape index (κ1) is 16.5. The van der Waals surface area contributed by atoms with Crippen molar-refractivity contribution in [3.8, 4) is 11.5 Å². The average molecular weight is 341 g/mol. The Kier molecular flexibility index (Phi) is 5.16. The van der Waals surface area contributed by atoms with E-state index in [1.165, 1.54) is 7.11 Å². The highest BCUT2D eigenvalue weighted by Crippen LogP contribution is 2.45. The average Bonchev–Trinajstić information content (AvgIpc) is 2.51. The summed E-state index contributed by atoms with van der Waals surface area (Å²) in [7, 11) is 1.35. The van der Waals surface area contributed by atoms with E-state index in [-0.39, 0.29) is 33.7 Å². The van der Waals surface area contributed by atoms with Crippen LogP contribution < -0.4 is 9.47 Å². The molecule has 0 aliphatic heterocycles. The normalized spacial score (nSPS) is 10.4. The fourth-order valence-electron chi connectivity index (χ4n) is 2.07. The van der Waals surface area contributed by atoms with Crippen LogP contribution in [0.25, 0.3) is 0 Å². The zero-order valence-corrected chi connectivity index (χ0v) is 13.5. The second kappa shape index (κ2) is 6.90. The van der Waals surface area contributed by atoms with Crippen LogP contribution in [0.4, 0.5) is 0 Å². The van der Waals surface area contributed by atoms with E-state index in [0.29, 0.717) is 5.56 Å². The van der Waals surface area contributed by atoms with Gasteiger partial charge in [-0.05, 0) is 18.1 Å². The van der Waals surface area contributed by atoms with Gasteiger partial charge in [0.2, 0.25) is 0 Å². The van der Waals surface area contributed by atoms with Crippen molar-refractivity contribution in [3.63, 3.8) is 0 Å². The largest absolute Gasteiger partial charge is 0.494 e. The van der Waals surface area contributed by atoms with Crippen LogP contribution in [0.1, 0.15) is 21.5 Å². The monoisotopic (exact) mass is 340 g/mol. The topological polar surface area (TPSA) is 55.8 Å². The fraction of sp³-hybridized carbons (Fsp3) is 0.188. The molecule has 2 aromatic carbocycles. The fourth-order valence-corrected chi connectivity index (χ4v) is 2.68. The van der Waals surface area contributed by atoms with Gasteiger partial charge >= 0.3 is 5.97 Å². The number of aromatic carboxylic acids is 1. The Labute approximate surface area is 138 Å². The number of hydrogen-bond donors (Lipinski definition) is 1. The molecule has 2 aromatic rings. The molecule has 2 rings (SSSR count). The maximum Gasteiger partial charge on any atom is 0.339 e. The number of halogens is 2. The van der Waals surface area contributed by atoms with Crippen molar-refractivity contribution in [2.75, 3.05) is 7.11 Å². The quantitative estimate of drug-likeness (QED) is 0.864. The number of ether oxygens (including phenoxy) is 2. The molecular formula is C16H14Cl2O4.